The number of hydrogen-bond donors (Lipinski definition) is 2. The van der Waals surface area contributed by atoms with Gasteiger partial charge in [-0.15, -0.1) is 0 Å². The molecule has 0 aromatic heterocycles. The summed E-state index contributed by atoms with van der Waals surface area (Å²) in [6.07, 6.45) is 0.581. The monoisotopic (exact) mass is 392 g/mol. The number of rotatable bonds is 8. The van der Waals surface area contributed by atoms with Gasteiger partial charge >= 0.3 is 5.97 Å². The van der Waals surface area contributed by atoms with Gasteiger partial charge in [0.15, 0.2) is 0 Å². The molecule has 0 bridgehead atoms. The molecule has 0 saturated heterocycles. The summed E-state index contributed by atoms with van der Waals surface area (Å²) in [4.78, 5) is 29.8. The second-order valence-corrected chi connectivity index (χ2v) is 7.15. The van der Waals surface area contributed by atoms with Gasteiger partial charge in [-0.2, -0.15) is 0 Å². The first kappa shape index (κ1) is 20.6. The molecule has 8 nitrogen and oxygen atoms in total. The summed E-state index contributed by atoms with van der Waals surface area (Å²) >= 11 is 0. The number of nitrogens with one attached hydrogen (secondary N) is 2. The molecule has 0 radical (unpaired) electrons. The first-order valence-electron chi connectivity index (χ1n) is 7.97. The fourth-order valence-electron chi connectivity index (χ4n) is 2.29. The lowest BCUT2D eigenvalue weighted by Gasteiger charge is -2.08. The first-order chi connectivity index (χ1) is 12.9. The van der Waals surface area contributed by atoms with Gasteiger partial charge in [0.05, 0.1) is 24.7 Å². The number of amides is 1. The van der Waals surface area contributed by atoms with E-state index in [1.807, 2.05) is 4.89 Å². The van der Waals surface area contributed by atoms with Crippen LogP contribution in [0.5, 0.6) is 0 Å². The molecule has 2 N–H and O–H groups in total. The van der Waals surface area contributed by atoms with Crippen LogP contribution in [-0.2, 0) is 26.0 Å². The second kappa shape index (κ2) is 9.26. The molecule has 0 saturated carbocycles. The van der Waals surface area contributed by atoms with Crippen LogP contribution in [0.15, 0.2) is 53.4 Å². The van der Waals surface area contributed by atoms with Crippen LogP contribution < -0.4 is 10.2 Å². The Morgan fingerprint density at radius 1 is 0.926 bits per heavy atom. The van der Waals surface area contributed by atoms with E-state index < -0.39 is 16.0 Å². The fourth-order valence-corrected chi connectivity index (χ4v) is 3.10. The number of hydrogen-bond acceptors (Lipinski definition) is 6. The van der Waals surface area contributed by atoms with Gasteiger partial charge in [0.1, 0.15) is 0 Å². The van der Waals surface area contributed by atoms with E-state index in [9.17, 15) is 18.0 Å². The maximum absolute atomic E-state index is 12.1. The lowest BCUT2D eigenvalue weighted by molar-refractivity contribution is 0.0600. The molecular weight excluding hydrogens is 372 g/mol. The number of carbonyl (C=O) groups is 2. The van der Waals surface area contributed by atoms with E-state index in [-0.39, 0.29) is 10.8 Å². The summed E-state index contributed by atoms with van der Waals surface area (Å²) in [6, 6.07) is 12.4. The van der Waals surface area contributed by atoms with E-state index in [4.69, 9.17) is 0 Å². The zero-order chi connectivity index (χ0) is 19.9. The number of sulfonamides is 1. The lowest BCUT2D eigenvalue weighted by atomic mass is 10.1. The Kier molecular flexibility index (Phi) is 7.05. The Balaban J connectivity index is 1.89. The van der Waals surface area contributed by atoms with Crippen LogP contribution in [0.2, 0.25) is 0 Å². The van der Waals surface area contributed by atoms with Crippen molar-refractivity contribution < 1.29 is 27.6 Å². The molecule has 2 rings (SSSR count). The minimum atomic E-state index is -3.75. The van der Waals surface area contributed by atoms with Crippen LogP contribution in [-0.4, -0.2) is 41.1 Å². The van der Waals surface area contributed by atoms with Crippen molar-refractivity contribution in [2.75, 3.05) is 20.8 Å². The van der Waals surface area contributed by atoms with Gasteiger partial charge in [-0.3, -0.25) is 9.63 Å². The van der Waals surface area contributed by atoms with Crippen LogP contribution in [0.1, 0.15) is 26.3 Å². The maximum atomic E-state index is 12.1. The van der Waals surface area contributed by atoms with Gasteiger partial charge in [0, 0.05) is 12.1 Å². The van der Waals surface area contributed by atoms with Crippen molar-refractivity contribution in [1.82, 2.24) is 10.2 Å². The molecule has 0 aliphatic rings. The van der Waals surface area contributed by atoms with Crippen molar-refractivity contribution in [3.8, 4) is 0 Å². The molecular formula is C18H20N2O6S. The molecule has 0 unspecified atom stereocenters. The number of benzene rings is 2. The van der Waals surface area contributed by atoms with Crippen molar-refractivity contribution >= 4 is 21.9 Å². The van der Waals surface area contributed by atoms with Gasteiger partial charge in [-0.1, -0.05) is 17.0 Å². The summed E-state index contributed by atoms with van der Waals surface area (Å²) in [5.41, 5.74) is 1.76. The molecule has 9 heteroatoms. The molecule has 1 amide bonds. The Hall–Kier alpha value is -2.75. The van der Waals surface area contributed by atoms with Crippen LogP contribution in [0.3, 0.4) is 0 Å². The van der Waals surface area contributed by atoms with Crippen molar-refractivity contribution in [3.05, 3.63) is 65.2 Å². The predicted molar refractivity (Wildman–Crippen MR) is 97.6 cm³/mol. The third-order valence-electron chi connectivity index (χ3n) is 3.69. The van der Waals surface area contributed by atoms with E-state index in [1.54, 1.807) is 24.3 Å². The van der Waals surface area contributed by atoms with Crippen molar-refractivity contribution in [3.63, 3.8) is 0 Å². The molecule has 0 aliphatic carbocycles. The topological polar surface area (TPSA) is 111 Å². The van der Waals surface area contributed by atoms with E-state index in [1.165, 1.54) is 38.5 Å². The molecule has 0 fully saturated rings. The SMILES string of the molecule is CONS(=O)(=O)c1ccc(C(=O)NCCc2ccc(C(=O)OC)cc2)cc1. The number of esters is 1. The van der Waals surface area contributed by atoms with Gasteiger partial charge in [0.2, 0.25) is 0 Å². The van der Waals surface area contributed by atoms with E-state index >= 15 is 0 Å². The van der Waals surface area contributed by atoms with E-state index in [0.717, 1.165) is 5.56 Å². The summed E-state index contributed by atoms with van der Waals surface area (Å²) in [7, 11) is -1.24. The van der Waals surface area contributed by atoms with Crippen LogP contribution in [0.4, 0.5) is 0 Å². The molecule has 144 valence electrons. The molecule has 2 aromatic carbocycles. The summed E-state index contributed by atoms with van der Waals surface area (Å²) in [5, 5.41) is 2.76. The molecule has 0 spiro atoms. The molecule has 0 heterocycles. The highest BCUT2D eigenvalue weighted by molar-refractivity contribution is 7.89. The largest absolute Gasteiger partial charge is 0.465 e. The van der Waals surface area contributed by atoms with Gasteiger partial charge in [-0.25, -0.2) is 13.2 Å². The second-order valence-electron chi connectivity index (χ2n) is 5.51. The first-order valence-corrected chi connectivity index (χ1v) is 9.46. The summed E-state index contributed by atoms with van der Waals surface area (Å²) in [6.45, 7) is 0.391. The van der Waals surface area contributed by atoms with Crippen LogP contribution in [0, 0.1) is 0 Å². The number of carbonyl (C=O) groups excluding carboxylic acids is 2. The normalized spacial score (nSPS) is 11.0. The zero-order valence-corrected chi connectivity index (χ0v) is 15.7. The van der Waals surface area contributed by atoms with Gasteiger partial charge < -0.3 is 10.1 Å². The zero-order valence-electron chi connectivity index (χ0n) is 14.9. The van der Waals surface area contributed by atoms with Crippen LogP contribution >= 0.6 is 0 Å². The van der Waals surface area contributed by atoms with E-state index in [2.05, 4.69) is 14.9 Å². The van der Waals surface area contributed by atoms with Crippen molar-refractivity contribution in [2.24, 2.45) is 0 Å². The third kappa shape index (κ3) is 5.61. The highest BCUT2D eigenvalue weighted by Gasteiger charge is 2.14. The molecule has 2 aromatic rings. The van der Waals surface area contributed by atoms with Gasteiger partial charge in [-0.05, 0) is 48.4 Å². The third-order valence-corrected chi connectivity index (χ3v) is 4.97. The quantitative estimate of drug-likeness (QED) is 0.517. The smallest absolute Gasteiger partial charge is 0.337 e. The molecule has 0 aliphatic heterocycles. The Morgan fingerprint density at radius 2 is 1.52 bits per heavy atom. The summed E-state index contributed by atoms with van der Waals surface area (Å²) < 4.78 is 28.2. The van der Waals surface area contributed by atoms with Crippen molar-refractivity contribution in [1.29, 1.82) is 0 Å². The maximum Gasteiger partial charge on any atom is 0.337 e. The Bertz CT molecular complexity index is 892. The van der Waals surface area contributed by atoms with Crippen LogP contribution in [0.25, 0.3) is 0 Å². The number of methoxy groups -OCH3 is 1. The fraction of sp³-hybridized carbons (Fsp3) is 0.222. The average Bonchev–Trinajstić information content (AvgIpc) is 2.68. The number of ether oxygens (including phenoxy) is 1. The van der Waals surface area contributed by atoms with E-state index in [0.29, 0.717) is 24.1 Å². The molecule has 27 heavy (non-hydrogen) atoms. The summed E-state index contributed by atoms with van der Waals surface area (Å²) in [5.74, 6) is -0.717. The van der Waals surface area contributed by atoms with Crippen molar-refractivity contribution in [2.45, 2.75) is 11.3 Å². The lowest BCUT2D eigenvalue weighted by Crippen LogP contribution is -2.26. The minimum absolute atomic E-state index is 0.00778. The minimum Gasteiger partial charge on any atom is -0.465 e. The highest BCUT2D eigenvalue weighted by Crippen LogP contribution is 2.11. The van der Waals surface area contributed by atoms with Gasteiger partial charge in [0.25, 0.3) is 15.9 Å². The molecule has 0 atom stereocenters. The Morgan fingerprint density at radius 3 is 2.07 bits per heavy atom. The predicted octanol–water partition coefficient (Wildman–Crippen LogP) is 1.29. The Labute approximate surface area is 157 Å². The average molecular weight is 392 g/mol. The highest BCUT2D eigenvalue weighted by atomic mass is 32.2. The standard InChI is InChI=1S/C18H20N2O6S/c1-25-18(22)15-5-3-13(4-6-15)11-12-19-17(21)14-7-9-16(10-8-14)27(23,24)20-26-2/h3-10,20H,11-12H2,1-2H3,(H,19,21).